The van der Waals surface area contributed by atoms with Crippen LogP contribution in [0.5, 0.6) is 11.5 Å². The molecule has 0 aromatic heterocycles. The summed E-state index contributed by atoms with van der Waals surface area (Å²) in [4.78, 5) is 12.8. The first-order valence-electron chi connectivity index (χ1n) is 10.6. The zero-order chi connectivity index (χ0) is 25.4. The smallest absolute Gasteiger partial charge is 0.242 e. The van der Waals surface area contributed by atoms with E-state index < -0.39 is 22.0 Å². The molecule has 0 radical (unpaired) electrons. The Hall–Kier alpha value is -3.21. The summed E-state index contributed by atoms with van der Waals surface area (Å²) in [7, 11) is -0.795. The molecule has 0 aliphatic carbocycles. The Morgan fingerprint density at radius 1 is 1.06 bits per heavy atom. The van der Waals surface area contributed by atoms with Gasteiger partial charge in [0.2, 0.25) is 15.9 Å². The molecule has 184 valence electrons. The quantitative estimate of drug-likeness (QED) is 0.284. The molecule has 0 unspecified atom stereocenters. The number of rotatable bonds is 10. The van der Waals surface area contributed by atoms with E-state index in [0.717, 1.165) is 5.56 Å². The highest BCUT2D eigenvalue weighted by Crippen LogP contribution is 2.35. The summed E-state index contributed by atoms with van der Waals surface area (Å²) in [5.74, 6) is 0.589. The van der Waals surface area contributed by atoms with Gasteiger partial charge in [-0.15, -0.1) is 0 Å². The van der Waals surface area contributed by atoms with Gasteiger partial charge in [0.25, 0.3) is 0 Å². The minimum absolute atomic E-state index is 0.126. The zero-order valence-corrected chi connectivity index (χ0v) is 21.9. The molecule has 2 N–H and O–H groups in total. The van der Waals surface area contributed by atoms with E-state index in [-0.39, 0.29) is 11.3 Å². The Morgan fingerprint density at radius 3 is 2.37 bits per heavy atom. The molecule has 3 aromatic carbocycles. The lowest BCUT2D eigenvalue weighted by atomic mass is 10.0. The lowest BCUT2D eigenvalue weighted by Gasteiger charge is -2.18. The number of amides is 1. The highest BCUT2D eigenvalue weighted by atomic mass is 79.9. The van der Waals surface area contributed by atoms with Crippen LogP contribution in [0.2, 0.25) is 0 Å². The summed E-state index contributed by atoms with van der Waals surface area (Å²) >= 11 is 3.41. The largest absolute Gasteiger partial charge is 0.493 e. The van der Waals surface area contributed by atoms with Gasteiger partial charge in [-0.25, -0.2) is 18.6 Å². The van der Waals surface area contributed by atoms with Crippen molar-refractivity contribution >= 4 is 38.1 Å². The molecular formula is C25H26BrN3O5S. The van der Waals surface area contributed by atoms with E-state index in [0.29, 0.717) is 27.1 Å². The van der Waals surface area contributed by atoms with Crippen molar-refractivity contribution in [1.29, 1.82) is 0 Å². The molecule has 8 nitrogen and oxygen atoms in total. The maximum atomic E-state index is 13.0. The van der Waals surface area contributed by atoms with Crippen LogP contribution < -0.4 is 19.6 Å². The number of carbonyl (C=O) groups excluding carboxylic acids is 1. The van der Waals surface area contributed by atoms with Gasteiger partial charge in [0, 0.05) is 6.42 Å². The van der Waals surface area contributed by atoms with Gasteiger partial charge in [0.05, 0.1) is 35.8 Å². The Kier molecular flexibility index (Phi) is 9.02. The van der Waals surface area contributed by atoms with Crippen LogP contribution in [0.15, 0.2) is 81.2 Å². The average Bonchev–Trinajstić information content (AvgIpc) is 2.84. The molecule has 1 atom stereocenters. The van der Waals surface area contributed by atoms with Crippen LogP contribution in [-0.4, -0.2) is 34.8 Å². The van der Waals surface area contributed by atoms with Crippen LogP contribution in [0, 0.1) is 6.92 Å². The number of hydrogen-bond donors (Lipinski definition) is 2. The van der Waals surface area contributed by atoms with Crippen LogP contribution in [0.25, 0.3) is 0 Å². The molecule has 0 saturated heterocycles. The summed E-state index contributed by atoms with van der Waals surface area (Å²) in [5.41, 5.74) is 4.72. The van der Waals surface area contributed by atoms with Gasteiger partial charge < -0.3 is 9.47 Å². The minimum atomic E-state index is -3.85. The van der Waals surface area contributed by atoms with E-state index >= 15 is 0 Å². The maximum absolute atomic E-state index is 13.0. The van der Waals surface area contributed by atoms with Gasteiger partial charge in [-0.05, 0) is 58.2 Å². The molecular weight excluding hydrogens is 534 g/mol. The monoisotopic (exact) mass is 559 g/mol. The van der Waals surface area contributed by atoms with Crippen molar-refractivity contribution in [2.75, 3.05) is 14.2 Å². The third kappa shape index (κ3) is 7.14. The van der Waals surface area contributed by atoms with Crippen LogP contribution in [-0.2, 0) is 14.8 Å². The number of ether oxygens (including phenoxy) is 2. The van der Waals surface area contributed by atoms with Gasteiger partial charge in [-0.3, -0.25) is 4.79 Å². The first-order chi connectivity index (χ1) is 16.7. The standard InChI is InChI=1S/C25H26BrN3O5S/c1-17-9-11-20(12-10-17)35(31,32)29-22(19-7-5-4-6-8-19)15-24(30)28-27-16-18-13-21(26)25(34-3)23(14-18)33-2/h4-14,16,22,29H,15H2,1-3H3,(H,28,30)/b27-16-/t22-/m1/s1. The molecule has 0 fully saturated rings. The zero-order valence-electron chi connectivity index (χ0n) is 19.5. The van der Waals surface area contributed by atoms with Crippen LogP contribution >= 0.6 is 15.9 Å². The number of methoxy groups -OCH3 is 2. The number of hydrazone groups is 1. The van der Waals surface area contributed by atoms with Gasteiger partial charge in [-0.1, -0.05) is 48.0 Å². The summed E-state index contributed by atoms with van der Waals surface area (Å²) < 4.78 is 39.8. The molecule has 0 aliphatic rings. The van der Waals surface area contributed by atoms with E-state index in [1.165, 1.54) is 32.6 Å². The fourth-order valence-electron chi connectivity index (χ4n) is 3.31. The molecule has 10 heteroatoms. The molecule has 3 aromatic rings. The lowest BCUT2D eigenvalue weighted by Crippen LogP contribution is -2.32. The van der Waals surface area contributed by atoms with Crippen LogP contribution in [0.4, 0.5) is 0 Å². The second-order valence-corrected chi connectivity index (χ2v) is 10.2. The Balaban J connectivity index is 1.74. The highest BCUT2D eigenvalue weighted by Gasteiger charge is 2.23. The van der Waals surface area contributed by atoms with E-state index in [1.807, 2.05) is 13.0 Å². The Labute approximate surface area is 213 Å². The third-order valence-corrected chi connectivity index (χ3v) is 7.16. The van der Waals surface area contributed by atoms with Crippen LogP contribution in [0.3, 0.4) is 0 Å². The Bertz CT molecular complexity index is 1300. The van der Waals surface area contributed by atoms with Crippen molar-refractivity contribution < 1.29 is 22.7 Å². The molecule has 0 bridgehead atoms. The summed E-state index contributed by atoms with van der Waals surface area (Å²) in [6.45, 7) is 1.88. The molecule has 0 spiro atoms. The summed E-state index contributed by atoms with van der Waals surface area (Å²) in [5, 5.41) is 4.01. The van der Waals surface area contributed by atoms with Gasteiger partial charge in [-0.2, -0.15) is 5.10 Å². The second-order valence-electron chi connectivity index (χ2n) is 7.63. The average molecular weight is 560 g/mol. The van der Waals surface area contributed by atoms with E-state index in [2.05, 4.69) is 31.2 Å². The van der Waals surface area contributed by atoms with Crippen molar-refractivity contribution in [3.8, 4) is 11.5 Å². The number of hydrogen-bond acceptors (Lipinski definition) is 6. The van der Waals surface area contributed by atoms with Crippen molar-refractivity contribution in [3.05, 3.63) is 87.9 Å². The van der Waals surface area contributed by atoms with Crippen LogP contribution in [0.1, 0.15) is 29.2 Å². The predicted octanol–water partition coefficient (Wildman–Crippen LogP) is 4.33. The number of nitrogens with one attached hydrogen (secondary N) is 2. The normalized spacial score (nSPS) is 12.3. The molecule has 1 amide bonds. The number of carbonyl (C=O) groups is 1. The number of halogens is 1. The first-order valence-corrected chi connectivity index (χ1v) is 12.9. The number of aryl methyl sites for hydroxylation is 1. The van der Waals surface area contributed by atoms with E-state index in [4.69, 9.17) is 9.47 Å². The van der Waals surface area contributed by atoms with Gasteiger partial charge in [0.15, 0.2) is 11.5 Å². The molecule has 0 heterocycles. The number of nitrogens with zero attached hydrogens (tertiary/aromatic N) is 1. The van der Waals surface area contributed by atoms with E-state index in [9.17, 15) is 13.2 Å². The molecule has 3 rings (SSSR count). The molecule has 0 aliphatic heterocycles. The topological polar surface area (TPSA) is 106 Å². The van der Waals surface area contributed by atoms with Crippen molar-refractivity contribution in [3.63, 3.8) is 0 Å². The Morgan fingerprint density at radius 2 is 1.74 bits per heavy atom. The summed E-state index contributed by atoms with van der Waals surface area (Å²) in [6, 6.07) is 18.1. The summed E-state index contributed by atoms with van der Waals surface area (Å²) in [6.07, 6.45) is 1.31. The lowest BCUT2D eigenvalue weighted by molar-refractivity contribution is -0.121. The number of sulfonamides is 1. The highest BCUT2D eigenvalue weighted by molar-refractivity contribution is 9.10. The fourth-order valence-corrected chi connectivity index (χ4v) is 5.15. The SMILES string of the molecule is COc1cc(/C=N\NC(=O)C[C@@H](NS(=O)(=O)c2ccc(C)cc2)c2ccccc2)cc(Br)c1OC. The minimum Gasteiger partial charge on any atom is -0.493 e. The fraction of sp³-hybridized carbons (Fsp3) is 0.200. The van der Waals surface area contributed by atoms with E-state index in [1.54, 1.807) is 48.5 Å². The van der Waals surface area contributed by atoms with Crippen molar-refractivity contribution in [1.82, 2.24) is 10.1 Å². The van der Waals surface area contributed by atoms with Gasteiger partial charge in [0.1, 0.15) is 0 Å². The molecule has 35 heavy (non-hydrogen) atoms. The van der Waals surface area contributed by atoms with Crippen molar-refractivity contribution in [2.24, 2.45) is 5.10 Å². The second kappa shape index (κ2) is 12.0. The maximum Gasteiger partial charge on any atom is 0.242 e. The first kappa shape index (κ1) is 26.4. The molecule has 0 saturated carbocycles. The number of benzene rings is 3. The van der Waals surface area contributed by atoms with Crippen molar-refractivity contribution in [2.45, 2.75) is 24.3 Å². The predicted molar refractivity (Wildman–Crippen MR) is 138 cm³/mol. The van der Waals surface area contributed by atoms with Gasteiger partial charge >= 0.3 is 0 Å². The third-order valence-electron chi connectivity index (χ3n) is 5.08.